The highest BCUT2D eigenvalue weighted by Gasteiger charge is 2.30. The van der Waals surface area contributed by atoms with E-state index in [9.17, 15) is 9.59 Å². The lowest BCUT2D eigenvalue weighted by Gasteiger charge is -2.30. The van der Waals surface area contributed by atoms with Gasteiger partial charge in [0.2, 0.25) is 11.8 Å². The molecule has 5 heteroatoms. The third kappa shape index (κ3) is 2.73. The molecule has 0 radical (unpaired) electrons. The van der Waals surface area contributed by atoms with Gasteiger partial charge in [-0.15, -0.1) is 0 Å². The van der Waals surface area contributed by atoms with Gasteiger partial charge in [0.05, 0.1) is 11.4 Å². The second-order valence-corrected chi connectivity index (χ2v) is 5.81. The van der Waals surface area contributed by atoms with Crippen molar-refractivity contribution >= 4 is 23.2 Å². The van der Waals surface area contributed by atoms with E-state index < -0.39 is 5.92 Å². The van der Waals surface area contributed by atoms with Gasteiger partial charge in [-0.05, 0) is 37.3 Å². The van der Waals surface area contributed by atoms with E-state index in [0.29, 0.717) is 13.0 Å². The topological polar surface area (TPSA) is 61.4 Å². The highest BCUT2D eigenvalue weighted by molar-refractivity contribution is 6.08. The Bertz CT molecular complexity index is 571. The maximum atomic E-state index is 12.4. The molecular weight excluding hydrogens is 266 g/mol. The minimum atomic E-state index is -0.566. The maximum Gasteiger partial charge on any atom is 0.237 e. The van der Waals surface area contributed by atoms with Crippen LogP contribution in [-0.4, -0.2) is 32.0 Å². The number of anilines is 2. The number of hydrogen-bond donors (Lipinski definition) is 2. The molecule has 0 aliphatic carbocycles. The van der Waals surface area contributed by atoms with Gasteiger partial charge in [0, 0.05) is 20.1 Å². The van der Waals surface area contributed by atoms with Crippen LogP contribution < -0.4 is 15.5 Å². The molecule has 1 aromatic rings. The SMILES string of the molecule is CN1CCCc2cccc(NC(=O)[C@@H]3CCCNC3=O)c21. The van der Waals surface area contributed by atoms with Crippen LogP contribution in [0.5, 0.6) is 0 Å². The molecule has 0 bridgehead atoms. The fourth-order valence-corrected chi connectivity index (χ4v) is 3.21. The monoisotopic (exact) mass is 287 g/mol. The van der Waals surface area contributed by atoms with E-state index in [2.05, 4.69) is 21.6 Å². The molecule has 0 spiro atoms. The first-order valence-corrected chi connectivity index (χ1v) is 7.58. The van der Waals surface area contributed by atoms with Crippen molar-refractivity contribution in [3.05, 3.63) is 23.8 Å². The molecule has 2 aliphatic rings. The van der Waals surface area contributed by atoms with Crippen molar-refractivity contribution < 1.29 is 9.59 Å². The molecule has 2 heterocycles. The van der Waals surface area contributed by atoms with Crippen LogP contribution in [0.4, 0.5) is 11.4 Å². The average molecular weight is 287 g/mol. The number of nitrogens with zero attached hydrogens (tertiary/aromatic N) is 1. The molecule has 1 saturated heterocycles. The van der Waals surface area contributed by atoms with Crippen molar-refractivity contribution in [2.24, 2.45) is 5.92 Å². The van der Waals surface area contributed by atoms with Crippen molar-refractivity contribution in [1.82, 2.24) is 5.32 Å². The number of para-hydroxylation sites is 1. The van der Waals surface area contributed by atoms with Gasteiger partial charge >= 0.3 is 0 Å². The fraction of sp³-hybridized carbons (Fsp3) is 0.500. The van der Waals surface area contributed by atoms with Crippen LogP contribution in [0.25, 0.3) is 0 Å². The average Bonchev–Trinajstić information content (AvgIpc) is 2.48. The third-order valence-corrected chi connectivity index (χ3v) is 4.30. The molecule has 2 N–H and O–H groups in total. The van der Waals surface area contributed by atoms with Gasteiger partial charge in [-0.2, -0.15) is 0 Å². The summed E-state index contributed by atoms with van der Waals surface area (Å²) >= 11 is 0. The molecule has 0 saturated carbocycles. The van der Waals surface area contributed by atoms with Crippen LogP contribution in [-0.2, 0) is 16.0 Å². The first-order valence-electron chi connectivity index (χ1n) is 7.58. The van der Waals surface area contributed by atoms with Crippen LogP contribution in [0.1, 0.15) is 24.8 Å². The van der Waals surface area contributed by atoms with Crippen molar-refractivity contribution in [3.63, 3.8) is 0 Å². The number of rotatable bonds is 2. The van der Waals surface area contributed by atoms with Gasteiger partial charge in [-0.25, -0.2) is 0 Å². The van der Waals surface area contributed by atoms with E-state index in [1.54, 1.807) is 0 Å². The summed E-state index contributed by atoms with van der Waals surface area (Å²) in [5, 5.41) is 5.72. The third-order valence-electron chi connectivity index (χ3n) is 4.30. The Morgan fingerprint density at radius 3 is 3.05 bits per heavy atom. The molecule has 112 valence electrons. The molecule has 2 amide bonds. The molecule has 1 fully saturated rings. The lowest BCUT2D eigenvalue weighted by Crippen LogP contribution is -2.42. The van der Waals surface area contributed by atoms with Gasteiger partial charge < -0.3 is 15.5 Å². The predicted molar refractivity (Wildman–Crippen MR) is 82.4 cm³/mol. The summed E-state index contributed by atoms with van der Waals surface area (Å²) in [6.07, 6.45) is 3.65. The number of amides is 2. The Labute approximate surface area is 124 Å². The zero-order valence-electron chi connectivity index (χ0n) is 12.3. The van der Waals surface area contributed by atoms with E-state index >= 15 is 0 Å². The van der Waals surface area contributed by atoms with Gasteiger partial charge in [-0.3, -0.25) is 9.59 Å². The molecule has 0 unspecified atom stereocenters. The number of fused-ring (bicyclic) bond motifs is 1. The standard InChI is InChI=1S/C16H21N3O2/c1-19-10-4-6-11-5-2-8-13(14(11)19)18-16(21)12-7-3-9-17-15(12)20/h2,5,8,12H,3-4,6-7,9-10H2,1H3,(H,17,20)(H,18,21)/t12-/m1/s1. The van der Waals surface area contributed by atoms with E-state index in [-0.39, 0.29) is 11.8 Å². The normalized spacial score (nSPS) is 21.5. The number of hydrogen-bond acceptors (Lipinski definition) is 3. The zero-order valence-corrected chi connectivity index (χ0v) is 12.3. The number of piperidine rings is 1. The van der Waals surface area contributed by atoms with Crippen molar-refractivity contribution in [2.75, 3.05) is 30.4 Å². The second kappa shape index (κ2) is 5.76. The van der Waals surface area contributed by atoms with Crippen LogP contribution >= 0.6 is 0 Å². The van der Waals surface area contributed by atoms with Crippen LogP contribution in [0.15, 0.2) is 18.2 Å². The summed E-state index contributed by atoms with van der Waals surface area (Å²) in [4.78, 5) is 26.4. The number of carbonyl (C=O) groups is 2. The van der Waals surface area contributed by atoms with Gasteiger partial charge in [-0.1, -0.05) is 12.1 Å². The lowest BCUT2D eigenvalue weighted by atomic mass is 9.97. The molecular formula is C16H21N3O2. The van der Waals surface area contributed by atoms with E-state index in [4.69, 9.17) is 0 Å². The Hall–Kier alpha value is -2.04. The molecule has 3 rings (SSSR count). The zero-order chi connectivity index (χ0) is 14.8. The van der Waals surface area contributed by atoms with Crippen LogP contribution in [0.3, 0.4) is 0 Å². The van der Waals surface area contributed by atoms with Crippen LogP contribution in [0, 0.1) is 5.92 Å². The van der Waals surface area contributed by atoms with E-state index in [0.717, 1.165) is 37.2 Å². The van der Waals surface area contributed by atoms with Crippen molar-refractivity contribution in [1.29, 1.82) is 0 Å². The summed E-state index contributed by atoms with van der Waals surface area (Å²) in [5.74, 6) is -0.917. The number of nitrogens with one attached hydrogen (secondary N) is 2. The summed E-state index contributed by atoms with van der Waals surface area (Å²) in [6.45, 7) is 1.66. The summed E-state index contributed by atoms with van der Waals surface area (Å²) < 4.78 is 0. The lowest BCUT2D eigenvalue weighted by molar-refractivity contribution is -0.134. The second-order valence-electron chi connectivity index (χ2n) is 5.81. The highest BCUT2D eigenvalue weighted by Crippen LogP contribution is 2.34. The Morgan fingerprint density at radius 2 is 2.24 bits per heavy atom. The van der Waals surface area contributed by atoms with Gasteiger partial charge in [0.15, 0.2) is 0 Å². The number of aryl methyl sites for hydroxylation is 1. The van der Waals surface area contributed by atoms with Gasteiger partial charge in [0.25, 0.3) is 0 Å². The first-order chi connectivity index (χ1) is 10.2. The minimum absolute atomic E-state index is 0.156. The van der Waals surface area contributed by atoms with Crippen molar-refractivity contribution in [2.45, 2.75) is 25.7 Å². The molecule has 1 aromatic carbocycles. The molecule has 2 aliphatic heterocycles. The Morgan fingerprint density at radius 1 is 1.38 bits per heavy atom. The van der Waals surface area contributed by atoms with Crippen LogP contribution in [0.2, 0.25) is 0 Å². The minimum Gasteiger partial charge on any atom is -0.373 e. The Kier molecular flexibility index (Phi) is 3.82. The predicted octanol–water partition coefficient (Wildman–Crippen LogP) is 1.53. The summed E-state index contributed by atoms with van der Waals surface area (Å²) in [5.41, 5.74) is 3.17. The number of benzene rings is 1. The Balaban J connectivity index is 1.82. The summed E-state index contributed by atoms with van der Waals surface area (Å²) in [6, 6.07) is 5.99. The van der Waals surface area contributed by atoms with Gasteiger partial charge in [0.1, 0.15) is 5.92 Å². The quantitative estimate of drug-likeness (QED) is 0.811. The molecule has 21 heavy (non-hydrogen) atoms. The molecule has 0 aromatic heterocycles. The highest BCUT2D eigenvalue weighted by atomic mass is 16.2. The number of carbonyl (C=O) groups excluding carboxylic acids is 2. The van der Waals surface area contributed by atoms with E-state index in [1.807, 2.05) is 19.2 Å². The first kappa shape index (κ1) is 13.9. The summed E-state index contributed by atoms with van der Waals surface area (Å²) in [7, 11) is 2.04. The van der Waals surface area contributed by atoms with Crippen molar-refractivity contribution in [3.8, 4) is 0 Å². The smallest absolute Gasteiger partial charge is 0.237 e. The molecule has 5 nitrogen and oxygen atoms in total. The van der Waals surface area contributed by atoms with E-state index in [1.165, 1.54) is 5.56 Å². The molecule has 1 atom stereocenters. The fourth-order valence-electron chi connectivity index (χ4n) is 3.21. The largest absolute Gasteiger partial charge is 0.373 e. The maximum absolute atomic E-state index is 12.4.